The first-order valence-corrected chi connectivity index (χ1v) is 20.0. The van der Waals surface area contributed by atoms with Crippen molar-refractivity contribution in [3.8, 4) is 0 Å². The number of nitrogens with zero attached hydrogens (tertiary/aromatic N) is 1. The lowest BCUT2D eigenvalue weighted by atomic mass is 9.83. The monoisotopic (exact) mass is 707 g/mol. The first kappa shape index (κ1) is 39.1. The molecule has 0 aromatic heterocycles. The van der Waals surface area contributed by atoms with E-state index in [0.29, 0.717) is 32.2 Å². The van der Waals surface area contributed by atoms with Crippen LogP contribution in [0.5, 0.6) is 0 Å². The van der Waals surface area contributed by atoms with E-state index in [0.717, 1.165) is 38.5 Å². The SMILES string of the molecule is CCCC[C@H](NC(=O)[C@@H]1[C@@H]2C(CN1C(=O)[C@@H](NC(=O)NC1(CS(=O)(=O)C(C)(C)C)CCCCC1)C(C)(C)C)C2(C)C)C(=O)C(=O)NC1CC1. The van der Waals surface area contributed by atoms with Crippen molar-refractivity contribution in [1.29, 1.82) is 0 Å². The van der Waals surface area contributed by atoms with Gasteiger partial charge in [0, 0.05) is 12.6 Å². The molecule has 1 unspecified atom stereocenters. The zero-order valence-electron chi connectivity index (χ0n) is 31.2. The van der Waals surface area contributed by atoms with Gasteiger partial charge in [0.2, 0.25) is 17.6 Å². The molecule has 5 amide bonds. The zero-order valence-corrected chi connectivity index (χ0v) is 32.0. The van der Waals surface area contributed by atoms with Crippen molar-refractivity contribution >= 4 is 39.4 Å². The van der Waals surface area contributed by atoms with Crippen molar-refractivity contribution in [2.75, 3.05) is 12.3 Å². The van der Waals surface area contributed by atoms with Crippen LogP contribution in [0.25, 0.3) is 0 Å². The number of rotatable bonds is 13. The van der Waals surface area contributed by atoms with Crippen LogP contribution in [0.1, 0.15) is 127 Å². The highest BCUT2D eigenvalue weighted by Crippen LogP contribution is 2.65. The van der Waals surface area contributed by atoms with Gasteiger partial charge in [0.15, 0.2) is 9.84 Å². The smallest absolute Gasteiger partial charge is 0.315 e. The van der Waals surface area contributed by atoms with E-state index < -0.39 is 73.2 Å². The molecule has 0 spiro atoms. The van der Waals surface area contributed by atoms with E-state index >= 15 is 0 Å². The summed E-state index contributed by atoms with van der Waals surface area (Å²) in [4.78, 5) is 69.7. The zero-order chi connectivity index (χ0) is 36.7. The number of Topliss-reactive ketones (excluding diaryl/α,β-unsaturated/α-hetero) is 1. The van der Waals surface area contributed by atoms with Gasteiger partial charge >= 0.3 is 6.03 Å². The summed E-state index contributed by atoms with van der Waals surface area (Å²) in [6.45, 7) is 16.9. The van der Waals surface area contributed by atoms with E-state index in [-0.39, 0.29) is 29.0 Å². The molecule has 3 saturated carbocycles. The molecule has 0 aromatic rings. The maximum Gasteiger partial charge on any atom is 0.315 e. The second-order valence-electron chi connectivity index (χ2n) is 17.8. The summed E-state index contributed by atoms with van der Waals surface area (Å²) >= 11 is 0. The van der Waals surface area contributed by atoms with Crippen LogP contribution in [0.3, 0.4) is 0 Å². The van der Waals surface area contributed by atoms with E-state index in [9.17, 15) is 32.4 Å². The summed E-state index contributed by atoms with van der Waals surface area (Å²) in [6, 6.07) is -3.50. The quantitative estimate of drug-likeness (QED) is 0.212. The molecule has 13 heteroatoms. The standard InChI is InChI=1S/C36H61N5O7S/c1-10-11-15-24(27(42)30(44)37-22-16-17-22)38-29(43)26-25-23(35(25,8)9)20-41(26)31(45)28(33(2,3)4)39-32(46)40-36(18-13-12-14-19-36)21-49(47,48)34(5,6)7/h22-26,28H,10-21H2,1-9H3,(H,37,44)(H,38,43)(H2,39,40,46)/t23?,24-,25-,26-,28+/m0/s1. The number of unbranched alkanes of at least 4 members (excludes halogenated alkanes) is 1. The van der Waals surface area contributed by atoms with Crippen LogP contribution in [0.15, 0.2) is 0 Å². The highest BCUT2D eigenvalue weighted by molar-refractivity contribution is 7.92. The summed E-state index contributed by atoms with van der Waals surface area (Å²) in [5, 5.41) is 11.5. The third kappa shape index (κ3) is 8.79. The fourth-order valence-electron chi connectivity index (χ4n) is 7.73. The summed E-state index contributed by atoms with van der Waals surface area (Å²) in [5.41, 5.74) is -1.90. The Morgan fingerprint density at radius 1 is 0.918 bits per heavy atom. The Morgan fingerprint density at radius 2 is 1.53 bits per heavy atom. The molecule has 0 bridgehead atoms. The number of piperidine rings is 1. The number of carbonyl (C=O) groups excluding carboxylic acids is 5. The second kappa shape index (κ2) is 14.1. The van der Waals surface area contributed by atoms with Crippen molar-refractivity contribution in [2.24, 2.45) is 22.7 Å². The van der Waals surface area contributed by atoms with Gasteiger partial charge in [-0.3, -0.25) is 19.2 Å². The van der Waals surface area contributed by atoms with Crippen molar-refractivity contribution in [2.45, 2.75) is 161 Å². The molecule has 4 N–H and O–H groups in total. The van der Waals surface area contributed by atoms with E-state index in [1.165, 1.54) is 4.90 Å². The Morgan fingerprint density at radius 3 is 2.06 bits per heavy atom. The third-order valence-corrected chi connectivity index (χ3v) is 14.2. The molecule has 278 valence electrons. The minimum Gasteiger partial charge on any atom is -0.347 e. The molecule has 0 aromatic carbocycles. The topological polar surface area (TPSA) is 171 Å². The number of sulfone groups is 1. The molecule has 12 nitrogen and oxygen atoms in total. The third-order valence-electron chi connectivity index (χ3n) is 11.4. The first-order chi connectivity index (χ1) is 22.5. The normalized spacial score (nSPS) is 25.7. The lowest BCUT2D eigenvalue weighted by Crippen LogP contribution is -2.64. The van der Waals surface area contributed by atoms with E-state index in [1.54, 1.807) is 20.8 Å². The molecule has 4 fully saturated rings. The van der Waals surface area contributed by atoms with Gasteiger partial charge in [0.25, 0.3) is 5.91 Å². The van der Waals surface area contributed by atoms with Gasteiger partial charge < -0.3 is 26.2 Å². The molecule has 0 radical (unpaired) electrons. The number of urea groups is 1. The Labute approximate surface area is 293 Å². The predicted octanol–water partition coefficient (Wildman–Crippen LogP) is 3.62. The van der Waals surface area contributed by atoms with Crippen molar-refractivity contribution in [3.05, 3.63) is 0 Å². The molecule has 1 saturated heterocycles. The summed E-state index contributed by atoms with van der Waals surface area (Å²) in [7, 11) is -3.56. The Bertz CT molecular complexity index is 1400. The molecule has 4 rings (SSSR count). The van der Waals surface area contributed by atoms with Crippen LogP contribution in [-0.4, -0.2) is 89.6 Å². The van der Waals surface area contributed by atoms with E-state index in [4.69, 9.17) is 0 Å². The number of nitrogens with one attached hydrogen (secondary N) is 4. The fraction of sp³-hybridized carbons (Fsp3) is 0.861. The Hall–Kier alpha value is -2.70. The van der Waals surface area contributed by atoms with E-state index in [1.807, 2.05) is 27.7 Å². The number of ketones is 1. The minimum absolute atomic E-state index is 0.00450. The van der Waals surface area contributed by atoms with Crippen LogP contribution < -0.4 is 21.3 Å². The largest absolute Gasteiger partial charge is 0.347 e. The maximum atomic E-state index is 14.5. The molecule has 1 heterocycles. The van der Waals surface area contributed by atoms with Gasteiger partial charge in [-0.2, -0.15) is 0 Å². The molecule has 49 heavy (non-hydrogen) atoms. The van der Waals surface area contributed by atoms with Gasteiger partial charge in [-0.15, -0.1) is 0 Å². The molecule has 1 aliphatic heterocycles. The second-order valence-corrected chi connectivity index (χ2v) is 20.6. The fourth-order valence-corrected chi connectivity index (χ4v) is 9.25. The lowest BCUT2D eigenvalue weighted by Gasteiger charge is -2.41. The van der Waals surface area contributed by atoms with Crippen LogP contribution >= 0.6 is 0 Å². The summed E-state index contributed by atoms with van der Waals surface area (Å²) in [5.74, 6) is -2.50. The van der Waals surface area contributed by atoms with Crippen LogP contribution in [0.4, 0.5) is 4.79 Å². The average Bonchev–Trinajstić information content (AvgIpc) is 3.83. The summed E-state index contributed by atoms with van der Waals surface area (Å²) < 4.78 is 25.6. The molecule has 4 aliphatic rings. The number of fused-ring (bicyclic) bond motifs is 1. The molecular formula is C36H61N5O7S. The van der Waals surface area contributed by atoms with Crippen molar-refractivity contribution < 1.29 is 32.4 Å². The average molecular weight is 708 g/mol. The van der Waals surface area contributed by atoms with Crippen LogP contribution in [0.2, 0.25) is 0 Å². The lowest BCUT2D eigenvalue weighted by molar-refractivity contribution is -0.145. The molecule has 3 aliphatic carbocycles. The predicted molar refractivity (Wildman–Crippen MR) is 188 cm³/mol. The number of amides is 5. The van der Waals surface area contributed by atoms with Crippen LogP contribution in [0, 0.1) is 22.7 Å². The first-order valence-electron chi connectivity index (χ1n) is 18.3. The van der Waals surface area contributed by atoms with Crippen molar-refractivity contribution in [3.63, 3.8) is 0 Å². The number of hydrogen-bond acceptors (Lipinski definition) is 7. The van der Waals surface area contributed by atoms with E-state index in [2.05, 4.69) is 35.1 Å². The molecule has 5 atom stereocenters. The van der Waals surface area contributed by atoms with Gasteiger partial charge in [-0.1, -0.05) is 73.6 Å². The Balaban J connectivity index is 1.54. The van der Waals surface area contributed by atoms with Gasteiger partial charge in [-0.25, -0.2) is 13.2 Å². The number of hydrogen-bond donors (Lipinski definition) is 4. The molecular weight excluding hydrogens is 646 g/mol. The summed E-state index contributed by atoms with van der Waals surface area (Å²) in [6.07, 6.45) is 6.97. The number of likely N-dealkylation sites (tertiary alicyclic amines) is 1. The number of carbonyl (C=O) groups is 5. The van der Waals surface area contributed by atoms with Gasteiger partial charge in [0.05, 0.1) is 22.1 Å². The van der Waals surface area contributed by atoms with Crippen molar-refractivity contribution in [1.82, 2.24) is 26.2 Å². The highest BCUT2D eigenvalue weighted by Gasteiger charge is 2.70. The Kier molecular flexibility index (Phi) is 11.3. The van der Waals surface area contributed by atoms with Gasteiger partial charge in [0.1, 0.15) is 12.1 Å². The maximum absolute atomic E-state index is 14.5. The minimum atomic E-state index is -3.56. The van der Waals surface area contributed by atoms with Crippen LogP contribution in [-0.2, 0) is 29.0 Å². The van der Waals surface area contributed by atoms with Gasteiger partial charge in [-0.05, 0) is 75.5 Å². The highest BCUT2D eigenvalue weighted by atomic mass is 32.2.